The van der Waals surface area contributed by atoms with Crippen LogP contribution in [-0.4, -0.2) is 0 Å². The fourth-order valence-corrected chi connectivity index (χ4v) is 8.99. The summed E-state index contributed by atoms with van der Waals surface area (Å²) in [5.74, 6) is 0. The topological polar surface area (TPSA) is 0 Å². The maximum absolute atomic E-state index is 2.42. The molecule has 0 spiro atoms. The molecule has 0 aliphatic rings. The average Bonchev–Trinajstić information content (AvgIpc) is 3.53. The van der Waals surface area contributed by atoms with Gasteiger partial charge in [-0.3, -0.25) is 0 Å². The van der Waals surface area contributed by atoms with Crippen LogP contribution in [0.2, 0.25) is 0 Å². The number of hydrogen-bond acceptors (Lipinski definition) is 1. The summed E-state index contributed by atoms with van der Waals surface area (Å²) in [5, 5.41) is 13.1. The van der Waals surface area contributed by atoms with Crippen LogP contribution in [0.1, 0.15) is 0 Å². The van der Waals surface area contributed by atoms with Gasteiger partial charge in [-0.2, -0.15) is 0 Å². The molecule has 1 heteroatoms. The van der Waals surface area contributed by atoms with Gasteiger partial charge in [-0.1, -0.05) is 158 Å². The van der Waals surface area contributed by atoms with Crippen LogP contribution in [0.4, 0.5) is 0 Å². The van der Waals surface area contributed by atoms with Crippen LogP contribution in [0.25, 0.3) is 96.6 Å². The second-order valence-electron chi connectivity index (χ2n) is 12.4. The summed E-state index contributed by atoms with van der Waals surface area (Å²) in [7, 11) is 0. The van der Waals surface area contributed by atoms with Gasteiger partial charge in [-0.05, 0) is 88.6 Å². The Bertz CT molecular complexity index is 2760. The fraction of sp³-hybridized carbons (Fsp3) is 0. The van der Waals surface area contributed by atoms with Gasteiger partial charge in [0.1, 0.15) is 0 Å². The molecule has 0 radical (unpaired) electrons. The molecule has 10 aromatic rings. The molecule has 0 saturated heterocycles. The van der Waals surface area contributed by atoms with Crippen LogP contribution < -0.4 is 0 Å². The zero-order valence-corrected chi connectivity index (χ0v) is 26.4. The quantitative estimate of drug-likeness (QED) is 0.174. The molecule has 0 unspecified atom stereocenters. The summed E-state index contributed by atoms with van der Waals surface area (Å²) in [6.45, 7) is 0. The van der Waals surface area contributed by atoms with Crippen LogP contribution in [-0.2, 0) is 0 Å². The lowest BCUT2D eigenvalue weighted by Gasteiger charge is -2.18. The number of hydrogen-bond donors (Lipinski definition) is 0. The lowest BCUT2D eigenvalue weighted by atomic mass is 9.85. The summed E-state index contributed by atoms with van der Waals surface area (Å²) >= 11 is 1.90. The molecule has 0 N–H and O–H groups in total. The van der Waals surface area contributed by atoms with Crippen LogP contribution >= 0.6 is 11.3 Å². The predicted octanol–water partition coefficient (Wildman–Crippen LogP) is 13.7. The lowest BCUT2D eigenvalue weighted by Crippen LogP contribution is -1.91. The molecule has 47 heavy (non-hydrogen) atoms. The fourth-order valence-electron chi connectivity index (χ4n) is 7.81. The van der Waals surface area contributed by atoms with E-state index in [2.05, 4.69) is 170 Å². The number of thiophene rings is 1. The molecule has 1 aromatic heterocycles. The Kier molecular flexibility index (Phi) is 5.85. The van der Waals surface area contributed by atoms with Crippen molar-refractivity contribution in [2.45, 2.75) is 0 Å². The summed E-state index contributed by atoms with van der Waals surface area (Å²) in [4.78, 5) is 0. The first-order valence-corrected chi connectivity index (χ1v) is 17.0. The minimum absolute atomic E-state index is 1.24. The van der Waals surface area contributed by atoms with E-state index in [1.165, 1.54) is 96.6 Å². The van der Waals surface area contributed by atoms with Gasteiger partial charge >= 0.3 is 0 Å². The van der Waals surface area contributed by atoms with Gasteiger partial charge < -0.3 is 0 Å². The molecule has 0 bridgehead atoms. The zero-order valence-electron chi connectivity index (χ0n) is 25.6. The highest BCUT2D eigenvalue weighted by molar-refractivity contribution is 7.26. The third kappa shape index (κ3) is 4.00. The maximum Gasteiger partial charge on any atom is 0.0368 e. The van der Waals surface area contributed by atoms with Gasteiger partial charge in [0.15, 0.2) is 0 Å². The Morgan fingerprint density at radius 3 is 1.40 bits per heavy atom. The first-order valence-electron chi connectivity index (χ1n) is 16.2. The van der Waals surface area contributed by atoms with E-state index in [-0.39, 0.29) is 0 Å². The van der Waals surface area contributed by atoms with E-state index in [0.717, 1.165) is 0 Å². The SMILES string of the molecule is c1ccc(-c2c3ccccc3c(-c3ccc(-c4cc5sc6ccc7ccccc7c6c5c5ccccc45)cc3)c3ccccc23)cc1. The van der Waals surface area contributed by atoms with E-state index >= 15 is 0 Å². The summed E-state index contributed by atoms with van der Waals surface area (Å²) < 4.78 is 2.68. The monoisotopic (exact) mass is 612 g/mol. The van der Waals surface area contributed by atoms with Crippen molar-refractivity contribution in [1.82, 2.24) is 0 Å². The van der Waals surface area contributed by atoms with Gasteiger partial charge in [0.25, 0.3) is 0 Å². The summed E-state index contributed by atoms with van der Waals surface area (Å²) in [6, 6.07) is 62.6. The van der Waals surface area contributed by atoms with E-state index < -0.39 is 0 Å². The first-order chi connectivity index (χ1) is 23.3. The standard InChI is InChI=1S/C46H28S/c1-2-13-31(14-3-1)43-36-18-8-10-20-38(36)44(39-21-11-9-19-37(39)43)32-24-22-30(23-25-32)40-28-42-46(35-17-7-6-16-34(35)40)45-33-15-5-4-12-29(33)26-27-41(45)47-42/h1-28H. The summed E-state index contributed by atoms with van der Waals surface area (Å²) in [5.41, 5.74) is 7.60. The van der Waals surface area contributed by atoms with Crippen molar-refractivity contribution in [3.63, 3.8) is 0 Å². The maximum atomic E-state index is 2.42. The second kappa shape index (κ2) is 10.4. The Balaban J connectivity index is 1.19. The van der Waals surface area contributed by atoms with Crippen LogP contribution in [0.15, 0.2) is 170 Å². The Labute approximate surface area is 276 Å². The van der Waals surface area contributed by atoms with Crippen LogP contribution in [0.5, 0.6) is 0 Å². The van der Waals surface area contributed by atoms with E-state index in [1.807, 2.05) is 11.3 Å². The minimum atomic E-state index is 1.24. The minimum Gasteiger partial charge on any atom is -0.135 e. The lowest BCUT2D eigenvalue weighted by molar-refractivity contribution is 1.64. The Morgan fingerprint density at radius 2 is 0.766 bits per heavy atom. The van der Waals surface area contributed by atoms with Gasteiger partial charge in [0, 0.05) is 20.2 Å². The smallest absolute Gasteiger partial charge is 0.0368 e. The van der Waals surface area contributed by atoms with E-state index in [4.69, 9.17) is 0 Å². The molecular formula is C46H28S. The molecule has 0 aliphatic carbocycles. The molecular weight excluding hydrogens is 585 g/mol. The van der Waals surface area contributed by atoms with Crippen molar-refractivity contribution in [3.8, 4) is 33.4 Å². The number of rotatable bonds is 3. The largest absolute Gasteiger partial charge is 0.135 e. The molecule has 0 nitrogen and oxygen atoms in total. The number of benzene rings is 9. The van der Waals surface area contributed by atoms with Gasteiger partial charge in [0.2, 0.25) is 0 Å². The van der Waals surface area contributed by atoms with Crippen molar-refractivity contribution in [1.29, 1.82) is 0 Å². The van der Waals surface area contributed by atoms with Crippen LogP contribution in [0.3, 0.4) is 0 Å². The molecule has 0 aliphatic heterocycles. The highest BCUT2D eigenvalue weighted by Gasteiger charge is 2.18. The first kappa shape index (κ1) is 26.5. The van der Waals surface area contributed by atoms with Gasteiger partial charge in [-0.15, -0.1) is 11.3 Å². The highest BCUT2D eigenvalue weighted by atomic mass is 32.1. The molecule has 218 valence electrons. The normalized spacial score (nSPS) is 11.8. The molecule has 10 rings (SSSR count). The second-order valence-corrected chi connectivity index (χ2v) is 13.5. The Hall–Kier alpha value is -5.76. The highest BCUT2D eigenvalue weighted by Crippen LogP contribution is 2.47. The van der Waals surface area contributed by atoms with E-state index in [0.29, 0.717) is 0 Å². The molecule has 0 atom stereocenters. The molecule has 0 fully saturated rings. The van der Waals surface area contributed by atoms with Crippen molar-refractivity contribution < 1.29 is 0 Å². The van der Waals surface area contributed by atoms with Crippen LogP contribution in [0, 0.1) is 0 Å². The van der Waals surface area contributed by atoms with Crippen molar-refractivity contribution in [2.24, 2.45) is 0 Å². The predicted molar refractivity (Wildman–Crippen MR) is 206 cm³/mol. The molecule has 0 saturated carbocycles. The molecule has 9 aromatic carbocycles. The Morgan fingerprint density at radius 1 is 0.298 bits per heavy atom. The van der Waals surface area contributed by atoms with Crippen molar-refractivity contribution in [2.75, 3.05) is 0 Å². The molecule has 1 heterocycles. The van der Waals surface area contributed by atoms with Gasteiger partial charge in [0.05, 0.1) is 0 Å². The zero-order chi connectivity index (χ0) is 30.9. The van der Waals surface area contributed by atoms with Gasteiger partial charge in [-0.25, -0.2) is 0 Å². The van der Waals surface area contributed by atoms with Crippen molar-refractivity contribution >= 4 is 74.6 Å². The van der Waals surface area contributed by atoms with E-state index in [1.54, 1.807) is 0 Å². The van der Waals surface area contributed by atoms with Crippen molar-refractivity contribution in [3.05, 3.63) is 170 Å². The number of fused-ring (bicyclic) bond motifs is 9. The van der Waals surface area contributed by atoms with E-state index in [9.17, 15) is 0 Å². The molecule has 0 amide bonds. The summed E-state index contributed by atoms with van der Waals surface area (Å²) in [6.07, 6.45) is 0. The average molecular weight is 613 g/mol. The third-order valence-electron chi connectivity index (χ3n) is 9.85. The third-order valence-corrected chi connectivity index (χ3v) is 10.9.